The van der Waals surface area contributed by atoms with Gasteiger partial charge in [-0.3, -0.25) is 9.59 Å². The number of aliphatic hydroxyl groups is 1. The lowest BCUT2D eigenvalue weighted by Gasteiger charge is -2.25. The number of halogens is 1. The molecule has 0 saturated heterocycles. The van der Waals surface area contributed by atoms with E-state index in [0.717, 1.165) is 16.8 Å². The molecule has 2 aromatic heterocycles. The third-order valence-electron chi connectivity index (χ3n) is 4.53. The zero-order valence-corrected chi connectivity index (χ0v) is 18.3. The van der Waals surface area contributed by atoms with Gasteiger partial charge in [0.05, 0.1) is 12.1 Å². The molecule has 4 N–H and O–H groups in total. The van der Waals surface area contributed by atoms with Gasteiger partial charge in [0, 0.05) is 36.0 Å². The summed E-state index contributed by atoms with van der Waals surface area (Å²) in [6, 6.07) is 3.41. The Morgan fingerprint density at radius 3 is 2.45 bits per heavy atom. The van der Waals surface area contributed by atoms with Gasteiger partial charge in [0.25, 0.3) is 5.56 Å². The van der Waals surface area contributed by atoms with Crippen LogP contribution in [-0.4, -0.2) is 58.1 Å². The normalized spacial score (nSPS) is 11.8. The molecule has 31 heavy (non-hydrogen) atoms. The first kappa shape index (κ1) is 24.5. The van der Waals surface area contributed by atoms with E-state index >= 15 is 0 Å². The van der Waals surface area contributed by atoms with Crippen LogP contribution in [-0.2, 0) is 14.8 Å². The summed E-state index contributed by atoms with van der Waals surface area (Å²) in [5.74, 6) is -1.67. The average molecular weight is 456 g/mol. The minimum atomic E-state index is -4.15. The van der Waals surface area contributed by atoms with Crippen molar-refractivity contribution in [2.45, 2.75) is 44.6 Å². The molecule has 0 radical (unpaired) electrons. The number of aliphatic hydroxyl groups excluding tert-OH is 1. The quantitative estimate of drug-likeness (QED) is 0.431. The molecule has 0 fully saturated rings. The predicted molar refractivity (Wildman–Crippen MR) is 115 cm³/mol. The van der Waals surface area contributed by atoms with Crippen LogP contribution in [0, 0.1) is 5.82 Å². The Kier molecular flexibility index (Phi) is 7.93. The molecule has 0 aliphatic carbocycles. The number of fused-ring (bicyclic) bond motifs is 3. The fourth-order valence-corrected chi connectivity index (χ4v) is 4.84. The van der Waals surface area contributed by atoms with Crippen molar-refractivity contribution in [3.8, 4) is 0 Å². The standard InChI is InChI=1S/C16H18FN3O4S.C4H8O2/c1-9(2)20(5-6-21)25(23,24)14-7-11-10-3-4-18-15(10)16(22)19-13(11)8-12(14)17;1-2-3-4(5)6/h3-4,7-9,18,21H,5-6H2,1-2H3,(H,19,22);2-3H2,1H3,(H,5,6). The van der Waals surface area contributed by atoms with E-state index < -0.39 is 38.3 Å². The van der Waals surface area contributed by atoms with Gasteiger partial charge in [0.1, 0.15) is 16.2 Å². The highest BCUT2D eigenvalue weighted by Gasteiger charge is 2.30. The van der Waals surface area contributed by atoms with Gasteiger partial charge < -0.3 is 20.2 Å². The van der Waals surface area contributed by atoms with Crippen LogP contribution in [0.25, 0.3) is 21.8 Å². The smallest absolute Gasteiger partial charge is 0.303 e. The zero-order chi connectivity index (χ0) is 23.3. The maximum Gasteiger partial charge on any atom is 0.303 e. The third kappa shape index (κ3) is 5.30. The molecule has 0 aliphatic rings. The number of benzene rings is 1. The molecule has 0 saturated carbocycles. The van der Waals surface area contributed by atoms with Crippen LogP contribution in [0.5, 0.6) is 0 Å². The van der Waals surface area contributed by atoms with Gasteiger partial charge in [-0.15, -0.1) is 0 Å². The third-order valence-corrected chi connectivity index (χ3v) is 6.62. The second-order valence-electron chi connectivity index (χ2n) is 7.13. The Bertz CT molecular complexity index is 1230. The minimum Gasteiger partial charge on any atom is -0.481 e. The molecule has 0 atom stereocenters. The maximum atomic E-state index is 14.5. The van der Waals surface area contributed by atoms with Gasteiger partial charge in [-0.05, 0) is 38.5 Å². The van der Waals surface area contributed by atoms with Crippen LogP contribution in [0.1, 0.15) is 33.6 Å². The van der Waals surface area contributed by atoms with Gasteiger partial charge in [-0.25, -0.2) is 12.8 Å². The molecular weight excluding hydrogens is 429 g/mol. The van der Waals surface area contributed by atoms with E-state index in [4.69, 9.17) is 10.2 Å². The SMILES string of the molecule is CC(C)N(CCO)S(=O)(=O)c1cc2c(cc1F)[nH]c(=O)c1[nH]ccc12.CCCC(=O)O. The van der Waals surface area contributed by atoms with E-state index in [-0.39, 0.29) is 18.7 Å². The van der Waals surface area contributed by atoms with Crippen molar-refractivity contribution >= 4 is 37.8 Å². The van der Waals surface area contributed by atoms with Crippen molar-refractivity contribution < 1.29 is 27.8 Å². The van der Waals surface area contributed by atoms with E-state index in [1.54, 1.807) is 26.1 Å². The number of hydrogen-bond donors (Lipinski definition) is 4. The van der Waals surface area contributed by atoms with E-state index in [1.807, 2.05) is 6.92 Å². The summed E-state index contributed by atoms with van der Waals surface area (Å²) < 4.78 is 41.3. The first-order chi connectivity index (χ1) is 14.5. The molecule has 11 heteroatoms. The number of nitrogens with one attached hydrogen (secondary N) is 2. The average Bonchev–Trinajstić information content (AvgIpc) is 3.16. The van der Waals surface area contributed by atoms with E-state index in [2.05, 4.69) is 9.97 Å². The lowest BCUT2D eigenvalue weighted by Crippen LogP contribution is -2.39. The number of aromatic nitrogens is 2. The molecule has 170 valence electrons. The number of hydrogen-bond acceptors (Lipinski definition) is 5. The number of aliphatic carboxylic acids is 1. The van der Waals surface area contributed by atoms with Gasteiger partial charge in [0.2, 0.25) is 10.0 Å². The highest BCUT2D eigenvalue weighted by molar-refractivity contribution is 7.89. The first-order valence-electron chi connectivity index (χ1n) is 9.71. The number of pyridine rings is 1. The summed E-state index contributed by atoms with van der Waals surface area (Å²) in [4.78, 5) is 26.4. The number of sulfonamides is 1. The number of rotatable bonds is 7. The summed E-state index contributed by atoms with van der Waals surface area (Å²) in [6.45, 7) is 4.63. The van der Waals surface area contributed by atoms with Crippen molar-refractivity contribution in [1.29, 1.82) is 0 Å². The number of carbonyl (C=O) groups is 1. The molecular formula is C20H26FN3O6S. The van der Waals surface area contributed by atoms with Gasteiger partial charge in [-0.2, -0.15) is 4.31 Å². The van der Waals surface area contributed by atoms with Crippen LogP contribution in [0.15, 0.2) is 34.1 Å². The van der Waals surface area contributed by atoms with Gasteiger partial charge in [0.15, 0.2) is 0 Å². The lowest BCUT2D eigenvalue weighted by atomic mass is 10.1. The van der Waals surface area contributed by atoms with Crippen molar-refractivity contribution in [1.82, 2.24) is 14.3 Å². The second-order valence-corrected chi connectivity index (χ2v) is 8.98. The lowest BCUT2D eigenvalue weighted by molar-refractivity contribution is -0.137. The summed E-state index contributed by atoms with van der Waals surface area (Å²) in [5.41, 5.74) is 0.0944. The molecule has 0 bridgehead atoms. The van der Waals surface area contributed by atoms with Crippen molar-refractivity contribution in [2.75, 3.05) is 13.2 Å². The molecule has 3 rings (SSSR count). The topological polar surface area (TPSA) is 144 Å². The molecule has 3 aromatic rings. The van der Waals surface area contributed by atoms with Crippen LogP contribution in [0.3, 0.4) is 0 Å². The number of carboxylic acids is 1. The largest absolute Gasteiger partial charge is 0.481 e. The zero-order valence-electron chi connectivity index (χ0n) is 17.5. The maximum absolute atomic E-state index is 14.5. The van der Waals surface area contributed by atoms with Crippen LogP contribution in [0.4, 0.5) is 4.39 Å². The Morgan fingerprint density at radius 2 is 1.94 bits per heavy atom. The fourth-order valence-electron chi connectivity index (χ4n) is 3.14. The molecule has 0 aliphatic heterocycles. The highest BCUT2D eigenvalue weighted by Crippen LogP contribution is 2.28. The molecule has 2 heterocycles. The molecule has 0 spiro atoms. The first-order valence-corrected chi connectivity index (χ1v) is 11.2. The Balaban J connectivity index is 0.000000501. The molecule has 0 unspecified atom stereocenters. The van der Waals surface area contributed by atoms with Gasteiger partial charge >= 0.3 is 5.97 Å². The van der Waals surface area contributed by atoms with Crippen molar-refractivity contribution in [3.05, 3.63) is 40.6 Å². The predicted octanol–water partition coefficient (Wildman–Crippen LogP) is 2.41. The van der Waals surface area contributed by atoms with E-state index in [9.17, 15) is 22.4 Å². The van der Waals surface area contributed by atoms with Crippen LogP contribution in [0.2, 0.25) is 0 Å². The molecule has 9 nitrogen and oxygen atoms in total. The van der Waals surface area contributed by atoms with Gasteiger partial charge in [-0.1, -0.05) is 6.92 Å². The summed E-state index contributed by atoms with van der Waals surface area (Å²) in [6.07, 6.45) is 2.58. The second kappa shape index (κ2) is 10.0. The number of carboxylic acid groups (broad SMARTS) is 1. The fraction of sp³-hybridized carbons (Fsp3) is 0.400. The Labute approximate surface area is 178 Å². The summed E-state index contributed by atoms with van der Waals surface area (Å²) >= 11 is 0. The number of H-pyrrole nitrogens is 2. The summed E-state index contributed by atoms with van der Waals surface area (Å²) in [7, 11) is -4.15. The van der Waals surface area contributed by atoms with Crippen molar-refractivity contribution in [2.24, 2.45) is 0 Å². The molecule has 0 amide bonds. The van der Waals surface area contributed by atoms with Crippen molar-refractivity contribution in [3.63, 3.8) is 0 Å². The van der Waals surface area contributed by atoms with E-state index in [1.165, 1.54) is 6.07 Å². The molecule has 1 aromatic carbocycles. The van der Waals surface area contributed by atoms with Crippen LogP contribution < -0.4 is 5.56 Å². The number of aromatic amines is 2. The highest BCUT2D eigenvalue weighted by atomic mass is 32.2. The monoisotopic (exact) mass is 455 g/mol. The van der Waals surface area contributed by atoms with E-state index in [0.29, 0.717) is 22.7 Å². The summed E-state index contributed by atoms with van der Waals surface area (Å²) in [5, 5.41) is 18.0. The minimum absolute atomic E-state index is 0.136. The van der Waals surface area contributed by atoms with Crippen LogP contribution >= 0.6 is 0 Å². The Morgan fingerprint density at radius 1 is 1.26 bits per heavy atom. The Hall–Kier alpha value is -2.76. The number of nitrogens with zero attached hydrogens (tertiary/aromatic N) is 1.